The highest BCUT2D eigenvalue weighted by Crippen LogP contribution is 2.30. The van der Waals surface area contributed by atoms with Gasteiger partial charge in [0.1, 0.15) is 11.9 Å². The molecule has 2 amide bonds. The van der Waals surface area contributed by atoms with E-state index in [9.17, 15) is 22.8 Å². The average molecular weight is 422 g/mol. The number of rotatable bonds is 9. The lowest BCUT2D eigenvalue weighted by atomic mass is 10.0. The first kappa shape index (κ1) is 22.8. The smallest absolute Gasteiger partial charge is 0.387 e. The molecule has 0 saturated heterocycles. The van der Waals surface area contributed by atoms with Crippen LogP contribution < -0.4 is 15.2 Å². The Kier molecular flexibility index (Phi) is 7.85. The van der Waals surface area contributed by atoms with Gasteiger partial charge >= 0.3 is 6.61 Å². The minimum absolute atomic E-state index is 0.0931. The van der Waals surface area contributed by atoms with Crippen molar-refractivity contribution < 1.29 is 32.2 Å². The molecule has 0 bridgehead atoms. The second-order valence-corrected chi connectivity index (χ2v) is 6.16. The number of primary amides is 1. The second kappa shape index (κ2) is 10.3. The first-order valence-electron chi connectivity index (χ1n) is 8.94. The summed E-state index contributed by atoms with van der Waals surface area (Å²) in [6.45, 7) is -1.10. The monoisotopic (exact) mass is 422 g/mol. The lowest BCUT2D eigenvalue weighted by Crippen LogP contribution is -2.38. The van der Waals surface area contributed by atoms with Crippen LogP contribution in [0.4, 0.5) is 13.2 Å². The van der Waals surface area contributed by atoms with Crippen LogP contribution in [0.2, 0.25) is 0 Å². The molecule has 0 aliphatic rings. The minimum Gasteiger partial charge on any atom is -0.490 e. The van der Waals surface area contributed by atoms with E-state index in [1.54, 1.807) is 6.92 Å². The molecule has 160 valence electrons. The highest BCUT2D eigenvalue weighted by Gasteiger charge is 2.26. The standard InChI is InChI=1S/C21H21F3N2O4/c1-3-29-17-11-13(7-9-16(17)30-21(23)24)8-10-18(27)26(2)19(20(25)28)14-5-4-6-15(22)12-14/h4-12,19,21H,3H2,1-2H3,(H2,25,28)/b10-8+. The molecule has 2 aromatic carbocycles. The number of halogens is 3. The van der Waals surface area contributed by atoms with E-state index in [4.69, 9.17) is 10.5 Å². The van der Waals surface area contributed by atoms with Crippen molar-refractivity contribution in [1.82, 2.24) is 4.90 Å². The third kappa shape index (κ3) is 6.00. The molecule has 2 rings (SSSR count). The van der Waals surface area contributed by atoms with E-state index in [-0.39, 0.29) is 23.7 Å². The molecule has 0 aliphatic heterocycles. The Morgan fingerprint density at radius 1 is 1.17 bits per heavy atom. The summed E-state index contributed by atoms with van der Waals surface area (Å²) in [6.07, 6.45) is 2.59. The van der Waals surface area contributed by atoms with E-state index < -0.39 is 30.3 Å². The molecule has 2 aromatic rings. The number of hydrogen-bond donors (Lipinski definition) is 1. The van der Waals surface area contributed by atoms with Gasteiger partial charge in [-0.2, -0.15) is 8.78 Å². The van der Waals surface area contributed by atoms with E-state index in [2.05, 4.69) is 4.74 Å². The molecule has 0 aliphatic carbocycles. The summed E-state index contributed by atoms with van der Waals surface area (Å²) in [7, 11) is 1.36. The molecule has 0 radical (unpaired) electrons. The highest BCUT2D eigenvalue weighted by molar-refractivity contribution is 5.95. The van der Waals surface area contributed by atoms with E-state index in [0.29, 0.717) is 5.56 Å². The van der Waals surface area contributed by atoms with Crippen LogP contribution in [0.5, 0.6) is 11.5 Å². The molecule has 0 aromatic heterocycles. The second-order valence-electron chi connectivity index (χ2n) is 6.16. The fourth-order valence-electron chi connectivity index (χ4n) is 2.76. The Labute approximate surface area is 171 Å². The Morgan fingerprint density at radius 3 is 2.50 bits per heavy atom. The average Bonchev–Trinajstić information content (AvgIpc) is 2.67. The lowest BCUT2D eigenvalue weighted by Gasteiger charge is -2.25. The molecule has 6 nitrogen and oxygen atoms in total. The van der Waals surface area contributed by atoms with Crippen molar-refractivity contribution in [3.8, 4) is 11.5 Å². The van der Waals surface area contributed by atoms with Crippen LogP contribution in [0.15, 0.2) is 48.5 Å². The van der Waals surface area contributed by atoms with Gasteiger partial charge in [-0.05, 0) is 48.4 Å². The fourth-order valence-corrected chi connectivity index (χ4v) is 2.76. The number of hydrogen-bond acceptors (Lipinski definition) is 4. The van der Waals surface area contributed by atoms with E-state index >= 15 is 0 Å². The number of alkyl halides is 2. The Hall–Kier alpha value is -3.49. The van der Waals surface area contributed by atoms with Gasteiger partial charge < -0.3 is 20.1 Å². The van der Waals surface area contributed by atoms with Gasteiger partial charge in [0, 0.05) is 13.1 Å². The van der Waals surface area contributed by atoms with E-state index in [1.807, 2.05) is 0 Å². The number of amides is 2. The molecular formula is C21H21F3N2O4. The predicted octanol–water partition coefficient (Wildman–Crippen LogP) is 3.52. The van der Waals surface area contributed by atoms with Gasteiger partial charge in [0.15, 0.2) is 11.5 Å². The SMILES string of the molecule is CCOc1cc(/C=C/C(=O)N(C)C(C(N)=O)c2cccc(F)c2)ccc1OC(F)F. The maximum atomic E-state index is 13.5. The third-order valence-electron chi connectivity index (χ3n) is 4.07. The van der Waals surface area contributed by atoms with Crippen molar-refractivity contribution in [3.05, 3.63) is 65.5 Å². The summed E-state index contributed by atoms with van der Waals surface area (Å²) in [5.41, 5.74) is 6.11. The molecule has 2 N–H and O–H groups in total. The molecule has 1 atom stereocenters. The molecule has 0 fully saturated rings. The first-order valence-corrected chi connectivity index (χ1v) is 8.94. The molecule has 0 saturated carbocycles. The molecule has 0 spiro atoms. The normalized spacial score (nSPS) is 12.1. The number of carbonyl (C=O) groups excluding carboxylic acids is 2. The summed E-state index contributed by atoms with van der Waals surface area (Å²) in [6, 6.07) is 8.25. The van der Waals surface area contributed by atoms with Crippen molar-refractivity contribution >= 4 is 17.9 Å². The number of benzene rings is 2. The van der Waals surface area contributed by atoms with Crippen molar-refractivity contribution in [2.75, 3.05) is 13.7 Å². The summed E-state index contributed by atoms with van der Waals surface area (Å²) < 4.78 is 48.2. The van der Waals surface area contributed by atoms with Crippen LogP contribution in [0.3, 0.4) is 0 Å². The van der Waals surface area contributed by atoms with E-state index in [1.165, 1.54) is 55.6 Å². The third-order valence-corrected chi connectivity index (χ3v) is 4.07. The lowest BCUT2D eigenvalue weighted by molar-refractivity contribution is -0.134. The van der Waals surface area contributed by atoms with Gasteiger partial charge in [0.2, 0.25) is 11.8 Å². The van der Waals surface area contributed by atoms with Crippen molar-refractivity contribution in [2.24, 2.45) is 5.73 Å². The van der Waals surface area contributed by atoms with Gasteiger partial charge in [0.25, 0.3) is 0 Å². The zero-order chi connectivity index (χ0) is 22.3. The number of likely N-dealkylation sites (N-methyl/N-ethyl adjacent to an activating group) is 1. The summed E-state index contributed by atoms with van der Waals surface area (Å²) in [5, 5.41) is 0. The van der Waals surface area contributed by atoms with Crippen LogP contribution in [0, 0.1) is 5.82 Å². The summed E-state index contributed by atoms with van der Waals surface area (Å²) in [4.78, 5) is 25.5. The Balaban J connectivity index is 2.22. The summed E-state index contributed by atoms with van der Waals surface area (Å²) >= 11 is 0. The molecule has 9 heteroatoms. The van der Waals surface area contributed by atoms with Gasteiger partial charge in [-0.15, -0.1) is 0 Å². The van der Waals surface area contributed by atoms with Crippen LogP contribution in [0.25, 0.3) is 6.08 Å². The van der Waals surface area contributed by atoms with Gasteiger partial charge in [0.05, 0.1) is 6.61 Å². The van der Waals surface area contributed by atoms with Crippen molar-refractivity contribution in [1.29, 1.82) is 0 Å². The fraction of sp³-hybridized carbons (Fsp3) is 0.238. The van der Waals surface area contributed by atoms with Crippen molar-refractivity contribution in [2.45, 2.75) is 19.6 Å². The van der Waals surface area contributed by atoms with Crippen LogP contribution >= 0.6 is 0 Å². The number of ether oxygens (including phenoxy) is 2. The molecule has 0 heterocycles. The number of carbonyl (C=O) groups is 2. The Bertz CT molecular complexity index is 934. The largest absolute Gasteiger partial charge is 0.490 e. The minimum atomic E-state index is -3.01. The number of nitrogens with zero attached hydrogens (tertiary/aromatic N) is 1. The van der Waals surface area contributed by atoms with Crippen LogP contribution in [-0.4, -0.2) is 37.0 Å². The Morgan fingerprint density at radius 2 is 1.90 bits per heavy atom. The molecular weight excluding hydrogens is 401 g/mol. The maximum absolute atomic E-state index is 13.5. The van der Waals surface area contributed by atoms with Crippen molar-refractivity contribution in [3.63, 3.8) is 0 Å². The summed E-state index contributed by atoms with van der Waals surface area (Å²) in [5.74, 6) is -2.00. The van der Waals surface area contributed by atoms with E-state index in [0.717, 1.165) is 11.0 Å². The zero-order valence-corrected chi connectivity index (χ0v) is 16.3. The number of nitrogens with two attached hydrogens (primary N) is 1. The predicted molar refractivity (Wildman–Crippen MR) is 104 cm³/mol. The first-order chi connectivity index (χ1) is 14.2. The molecule has 1 unspecified atom stereocenters. The van der Waals surface area contributed by atoms with Gasteiger partial charge in [-0.3, -0.25) is 9.59 Å². The quantitative estimate of drug-likeness (QED) is 0.627. The topological polar surface area (TPSA) is 81.9 Å². The highest BCUT2D eigenvalue weighted by atomic mass is 19.3. The van der Waals surface area contributed by atoms with Gasteiger partial charge in [-0.25, -0.2) is 4.39 Å². The van der Waals surface area contributed by atoms with Crippen LogP contribution in [-0.2, 0) is 9.59 Å². The maximum Gasteiger partial charge on any atom is 0.387 e. The van der Waals surface area contributed by atoms with Crippen LogP contribution in [0.1, 0.15) is 24.1 Å². The zero-order valence-electron chi connectivity index (χ0n) is 16.3. The van der Waals surface area contributed by atoms with Gasteiger partial charge in [-0.1, -0.05) is 18.2 Å². The molecule has 30 heavy (non-hydrogen) atoms.